The lowest BCUT2D eigenvalue weighted by atomic mass is 9.49. The van der Waals surface area contributed by atoms with Gasteiger partial charge in [0.25, 0.3) is 0 Å². The average Bonchev–Trinajstić information content (AvgIpc) is 3.43. The molecule has 6 rings (SSSR count). The summed E-state index contributed by atoms with van der Waals surface area (Å²) >= 11 is 0. The molecular weight excluding hydrogens is 445 g/mol. The number of aromatic nitrogens is 3. The second kappa shape index (κ2) is 8.53. The van der Waals surface area contributed by atoms with Gasteiger partial charge < -0.3 is 9.84 Å². The highest BCUT2D eigenvalue weighted by Gasteiger charge is 2.59. The van der Waals surface area contributed by atoms with Gasteiger partial charge in [0, 0.05) is 12.0 Å². The average molecular weight is 484 g/mol. The second-order valence-corrected chi connectivity index (χ2v) is 12.3. The van der Waals surface area contributed by atoms with Crippen molar-refractivity contribution in [2.45, 2.75) is 76.9 Å². The number of hydrogen-bond donors (Lipinski definition) is 1. The van der Waals surface area contributed by atoms with Crippen LogP contribution in [0.25, 0.3) is 11.0 Å². The standard InChI is InChI=1S/C28H38FN3O3/c1-27-11-9-20-19-10-12-28(34,16-29)14-17(19)3-5-21(20)22(27)6-7-23(27)26(33)15-32-25-8-4-18(35-2)13-24(25)30-31-32/h4,8,13,17,19-23,34H,3,5-7,9-12,14-16H2,1-2H3/t17-,19-,20+,21+,22-,23+,27-,28+/m0/s1. The summed E-state index contributed by atoms with van der Waals surface area (Å²) < 4.78 is 20.5. The molecule has 1 aromatic heterocycles. The van der Waals surface area contributed by atoms with E-state index in [1.165, 1.54) is 12.8 Å². The normalized spacial score (nSPS) is 40.7. The fraction of sp³-hybridized carbons (Fsp3) is 0.750. The van der Waals surface area contributed by atoms with Crippen molar-refractivity contribution >= 4 is 16.8 Å². The summed E-state index contributed by atoms with van der Waals surface area (Å²) in [4.78, 5) is 13.7. The Morgan fingerprint density at radius 2 is 1.97 bits per heavy atom. The summed E-state index contributed by atoms with van der Waals surface area (Å²) in [6.45, 7) is 2.04. The summed E-state index contributed by atoms with van der Waals surface area (Å²) in [5, 5.41) is 19.1. The van der Waals surface area contributed by atoms with Crippen molar-refractivity contribution in [2.75, 3.05) is 13.8 Å². The number of carbonyl (C=O) groups is 1. The van der Waals surface area contributed by atoms with Gasteiger partial charge in [-0.05, 0) is 105 Å². The van der Waals surface area contributed by atoms with Gasteiger partial charge in [-0.1, -0.05) is 12.1 Å². The van der Waals surface area contributed by atoms with E-state index in [0.717, 1.165) is 48.9 Å². The lowest BCUT2D eigenvalue weighted by Crippen LogP contribution is -2.52. The smallest absolute Gasteiger partial charge is 0.157 e. The number of aliphatic hydroxyl groups is 1. The molecule has 0 spiro atoms. The number of hydrogen-bond acceptors (Lipinski definition) is 5. The van der Waals surface area contributed by atoms with E-state index < -0.39 is 12.3 Å². The Hall–Kier alpha value is -2.02. The Morgan fingerprint density at radius 3 is 2.77 bits per heavy atom. The molecule has 4 aliphatic rings. The molecule has 35 heavy (non-hydrogen) atoms. The molecule has 2 aromatic rings. The zero-order valence-electron chi connectivity index (χ0n) is 21.0. The van der Waals surface area contributed by atoms with Crippen LogP contribution >= 0.6 is 0 Å². The largest absolute Gasteiger partial charge is 0.497 e. The predicted molar refractivity (Wildman–Crippen MR) is 131 cm³/mol. The molecule has 0 bridgehead atoms. The van der Waals surface area contributed by atoms with Crippen molar-refractivity contribution in [2.24, 2.45) is 40.9 Å². The molecule has 1 heterocycles. The van der Waals surface area contributed by atoms with Crippen LogP contribution in [-0.4, -0.2) is 45.3 Å². The Balaban J connectivity index is 1.17. The number of nitrogens with zero attached hydrogens (tertiary/aromatic N) is 3. The van der Waals surface area contributed by atoms with Crippen molar-refractivity contribution in [3.63, 3.8) is 0 Å². The number of carbonyl (C=O) groups excluding carboxylic acids is 1. The minimum Gasteiger partial charge on any atom is -0.497 e. The van der Waals surface area contributed by atoms with E-state index in [2.05, 4.69) is 17.2 Å². The highest BCUT2D eigenvalue weighted by molar-refractivity contribution is 5.84. The number of ether oxygens (including phenoxy) is 1. The Morgan fingerprint density at radius 1 is 1.14 bits per heavy atom. The van der Waals surface area contributed by atoms with E-state index in [4.69, 9.17) is 4.74 Å². The van der Waals surface area contributed by atoms with Gasteiger partial charge in [-0.3, -0.25) is 4.79 Å². The van der Waals surface area contributed by atoms with E-state index >= 15 is 0 Å². The number of methoxy groups -OCH3 is 1. The van der Waals surface area contributed by atoms with Crippen LogP contribution in [0.5, 0.6) is 5.75 Å². The third-order valence-electron chi connectivity index (χ3n) is 10.8. The number of halogens is 1. The lowest BCUT2D eigenvalue weighted by molar-refractivity contribution is -0.134. The Kier molecular flexibility index (Phi) is 5.70. The summed E-state index contributed by atoms with van der Waals surface area (Å²) in [6.07, 6.45) is 8.85. The van der Waals surface area contributed by atoms with E-state index in [-0.39, 0.29) is 23.7 Å². The molecule has 4 aliphatic carbocycles. The molecule has 1 aromatic carbocycles. The van der Waals surface area contributed by atoms with Crippen molar-refractivity contribution in [3.8, 4) is 5.75 Å². The van der Waals surface area contributed by atoms with Crippen LogP contribution in [0.1, 0.15) is 64.7 Å². The van der Waals surface area contributed by atoms with Crippen LogP contribution in [0.3, 0.4) is 0 Å². The van der Waals surface area contributed by atoms with Crippen LogP contribution in [0, 0.1) is 40.9 Å². The van der Waals surface area contributed by atoms with Gasteiger partial charge in [0.1, 0.15) is 24.5 Å². The summed E-state index contributed by atoms with van der Waals surface area (Å²) in [6, 6.07) is 5.67. The van der Waals surface area contributed by atoms with Crippen molar-refractivity contribution in [3.05, 3.63) is 18.2 Å². The van der Waals surface area contributed by atoms with Gasteiger partial charge in [-0.2, -0.15) is 0 Å². The fourth-order valence-corrected chi connectivity index (χ4v) is 9.07. The van der Waals surface area contributed by atoms with Gasteiger partial charge in [0.05, 0.1) is 18.2 Å². The first-order valence-corrected chi connectivity index (χ1v) is 13.5. The molecular formula is C28H38FN3O3. The highest BCUT2D eigenvalue weighted by Crippen LogP contribution is 2.64. The maximum absolute atomic E-state index is 13.7. The van der Waals surface area contributed by atoms with Crippen molar-refractivity contribution in [1.29, 1.82) is 0 Å². The van der Waals surface area contributed by atoms with Crippen LogP contribution in [0.15, 0.2) is 18.2 Å². The maximum Gasteiger partial charge on any atom is 0.157 e. The first-order chi connectivity index (χ1) is 16.8. The van der Waals surface area contributed by atoms with Gasteiger partial charge in [-0.15, -0.1) is 5.10 Å². The minimum atomic E-state index is -1.08. The van der Waals surface area contributed by atoms with E-state index in [1.807, 2.05) is 18.2 Å². The van der Waals surface area contributed by atoms with Crippen LogP contribution in [-0.2, 0) is 11.3 Å². The SMILES string of the molecule is COc1ccc2c(c1)nnn2CC(=O)[C@H]1CC[C@H]2[C@@H]3CC[C@H]4C[C@@](O)(CF)CC[C@@H]4[C@H]3CC[C@]12C. The summed E-state index contributed by atoms with van der Waals surface area (Å²) in [5.41, 5.74) is 0.584. The monoisotopic (exact) mass is 483 g/mol. The molecule has 8 atom stereocenters. The number of benzene rings is 1. The first kappa shape index (κ1) is 23.4. The molecule has 190 valence electrons. The predicted octanol–water partition coefficient (Wildman–Crippen LogP) is 4.98. The van der Waals surface area contributed by atoms with Crippen LogP contribution in [0.4, 0.5) is 4.39 Å². The molecule has 4 saturated carbocycles. The molecule has 4 fully saturated rings. The summed E-state index contributed by atoms with van der Waals surface area (Å²) in [7, 11) is 1.63. The molecule has 0 aliphatic heterocycles. The number of Topliss-reactive ketones (excluding diaryl/α,β-unsaturated/α-hetero) is 1. The van der Waals surface area contributed by atoms with Crippen molar-refractivity contribution < 1.29 is 19.0 Å². The van der Waals surface area contributed by atoms with E-state index in [9.17, 15) is 14.3 Å². The van der Waals surface area contributed by atoms with Gasteiger partial charge in [-0.25, -0.2) is 9.07 Å². The van der Waals surface area contributed by atoms with Crippen LogP contribution < -0.4 is 4.74 Å². The maximum atomic E-state index is 13.7. The van der Waals surface area contributed by atoms with Crippen LogP contribution in [0.2, 0.25) is 0 Å². The molecule has 6 nitrogen and oxygen atoms in total. The molecule has 1 N–H and O–H groups in total. The quantitative estimate of drug-likeness (QED) is 0.649. The van der Waals surface area contributed by atoms with Gasteiger partial charge in [0.15, 0.2) is 5.78 Å². The van der Waals surface area contributed by atoms with E-state index in [0.29, 0.717) is 42.4 Å². The fourth-order valence-electron chi connectivity index (χ4n) is 9.07. The lowest BCUT2D eigenvalue weighted by Gasteiger charge is -2.56. The number of fused-ring (bicyclic) bond motifs is 6. The molecule has 0 amide bonds. The first-order valence-electron chi connectivity index (χ1n) is 13.5. The Labute approximate surface area is 206 Å². The van der Waals surface area contributed by atoms with Gasteiger partial charge >= 0.3 is 0 Å². The zero-order valence-corrected chi connectivity index (χ0v) is 21.0. The number of alkyl halides is 1. The summed E-state index contributed by atoms with van der Waals surface area (Å²) in [5.74, 6) is 4.13. The molecule has 0 unspecified atom stereocenters. The third-order valence-corrected chi connectivity index (χ3v) is 10.8. The van der Waals surface area contributed by atoms with Gasteiger partial charge in [0.2, 0.25) is 0 Å². The highest BCUT2D eigenvalue weighted by atomic mass is 19.1. The molecule has 0 radical (unpaired) electrons. The molecule has 0 saturated heterocycles. The van der Waals surface area contributed by atoms with E-state index in [1.54, 1.807) is 11.8 Å². The topological polar surface area (TPSA) is 77.2 Å². The number of ketones is 1. The molecule has 7 heteroatoms. The number of rotatable bonds is 5. The minimum absolute atomic E-state index is 0.0546. The van der Waals surface area contributed by atoms with Crippen molar-refractivity contribution in [1.82, 2.24) is 15.0 Å². The Bertz CT molecular complexity index is 1120. The second-order valence-electron chi connectivity index (χ2n) is 12.3. The zero-order chi connectivity index (χ0) is 24.4. The third kappa shape index (κ3) is 3.71.